The molecule has 1 amide bonds. The Morgan fingerprint density at radius 1 is 1.14 bits per heavy atom. The molecule has 3 N–H and O–H groups in total. The Morgan fingerprint density at radius 2 is 1.76 bits per heavy atom. The van der Waals surface area contributed by atoms with Crippen molar-refractivity contribution in [2.45, 2.75) is 0 Å². The average molecular weight is 328 g/mol. The molecule has 0 aliphatic heterocycles. The van der Waals surface area contributed by atoms with Crippen LogP contribution in [0.1, 0.15) is 10.4 Å². The van der Waals surface area contributed by atoms with Crippen molar-refractivity contribution in [2.24, 2.45) is 0 Å². The van der Waals surface area contributed by atoms with Gasteiger partial charge in [0.15, 0.2) is 0 Å². The zero-order valence-electron chi connectivity index (χ0n) is 10.5. The average Bonchev–Trinajstić information content (AvgIpc) is 2.42. The number of benzene rings is 2. The Hall–Kier alpha value is -1.60. The number of halogens is 3. The van der Waals surface area contributed by atoms with E-state index in [0.29, 0.717) is 0 Å². The largest absolute Gasteiger partial charge is 0.488 e. The van der Waals surface area contributed by atoms with Crippen LogP contribution >= 0.6 is 23.2 Å². The van der Waals surface area contributed by atoms with E-state index < -0.39 is 18.8 Å². The Balaban J connectivity index is 2.33. The van der Waals surface area contributed by atoms with Crippen LogP contribution in [0.3, 0.4) is 0 Å². The maximum atomic E-state index is 13.4. The second kappa shape index (κ2) is 6.45. The van der Waals surface area contributed by atoms with Gasteiger partial charge in [0.1, 0.15) is 5.82 Å². The minimum atomic E-state index is -1.88. The molecule has 0 bridgehead atoms. The van der Waals surface area contributed by atoms with Gasteiger partial charge in [-0.2, -0.15) is 0 Å². The van der Waals surface area contributed by atoms with Gasteiger partial charge in [0.25, 0.3) is 5.91 Å². The van der Waals surface area contributed by atoms with Gasteiger partial charge in [0, 0.05) is 5.56 Å². The highest BCUT2D eigenvalue weighted by molar-refractivity contribution is 6.58. The summed E-state index contributed by atoms with van der Waals surface area (Å²) < 4.78 is 13.4. The molecule has 0 aliphatic rings. The molecule has 2 aromatic rings. The molecule has 4 nitrogen and oxygen atoms in total. The fourth-order valence-corrected chi connectivity index (χ4v) is 2.19. The van der Waals surface area contributed by atoms with Crippen molar-refractivity contribution in [1.82, 2.24) is 0 Å². The first-order valence-corrected chi connectivity index (χ1v) is 6.56. The molecule has 0 saturated carbocycles. The topological polar surface area (TPSA) is 69.6 Å². The predicted molar refractivity (Wildman–Crippen MR) is 80.6 cm³/mol. The molecule has 0 aliphatic carbocycles. The number of carbonyl (C=O) groups excluding carboxylic acids is 1. The lowest BCUT2D eigenvalue weighted by Gasteiger charge is -2.10. The van der Waals surface area contributed by atoms with Gasteiger partial charge in [-0.25, -0.2) is 4.39 Å². The van der Waals surface area contributed by atoms with Crippen molar-refractivity contribution in [3.63, 3.8) is 0 Å². The summed E-state index contributed by atoms with van der Waals surface area (Å²) in [6, 6.07) is 7.74. The van der Waals surface area contributed by atoms with Crippen molar-refractivity contribution < 1.29 is 19.2 Å². The molecule has 0 aromatic heterocycles. The number of rotatable bonds is 3. The van der Waals surface area contributed by atoms with Crippen molar-refractivity contribution in [2.75, 3.05) is 5.32 Å². The maximum Gasteiger partial charge on any atom is 0.488 e. The lowest BCUT2D eigenvalue weighted by Crippen LogP contribution is -2.31. The summed E-state index contributed by atoms with van der Waals surface area (Å²) in [5.74, 6) is -1.44. The molecule has 2 rings (SSSR count). The number of para-hydroxylation sites is 1. The number of amides is 1. The van der Waals surface area contributed by atoms with Gasteiger partial charge in [0.2, 0.25) is 0 Å². The van der Waals surface area contributed by atoms with Crippen LogP contribution in [0.15, 0.2) is 36.4 Å². The Labute approximate surface area is 130 Å². The van der Waals surface area contributed by atoms with Gasteiger partial charge >= 0.3 is 7.12 Å². The predicted octanol–water partition coefficient (Wildman–Crippen LogP) is 2.06. The number of nitrogens with one attached hydrogen (secondary N) is 1. The van der Waals surface area contributed by atoms with E-state index in [0.717, 1.165) is 18.2 Å². The molecule has 0 heterocycles. The number of anilines is 1. The summed E-state index contributed by atoms with van der Waals surface area (Å²) in [6.07, 6.45) is 0. The fraction of sp³-hybridized carbons (Fsp3) is 0. The molecule has 21 heavy (non-hydrogen) atoms. The van der Waals surface area contributed by atoms with E-state index in [-0.39, 0.29) is 26.8 Å². The minimum absolute atomic E-state index is 0.0888. The summed E-state index contributed by atoms with van der Waals surface area (Å²) in [7, 11) is -1.88. The Bertz CT molecular complexity index is 677. The summed E-state index contributed by atoms with van der Waals surface area (Å²) in [4.78, 5) is 12.1. The van der Waals surface area contributed by atoms with Crippen LogP contribution in [-0.2, 0) is 0 Å². The smallest absolute Gasteiger partial charge is 0.423 e. The lowest BCUT2D eigenvalue weighted by atomic mass is 9.79. The van der Waals surface area contributed by atoms with E-state index in [4.69, 9.17) is 33.2 Å². The highest BCUT2D eigenvalue weighted by Gasteiger charge is 2.17. The number of hydrogen-bond donors (Lipinski definition) is 3. The van der Waals surface area contributed by atoms with Gasteiger partial charge < -0.3 is 15.4 Å². The Morgan fingerprint density at radius 3 is 2.33 bits per heavy atom. The molecule has 0 spiro atoms. The van der Waals surface area contributed by atoms with Crippen LogP contribution in [0.2, 0.25) is 10.0 Å². The summed E-state index contributed by atoms with van der Waals surface area (Å²) >= 11 is 11.8. The van der Waals surface area contributed by atoms with Crippen LogP contribution < -0.4 is 10.8 Å². The van der Waals surface area contributed by atoms with E-state index in [1.54, 1.807) is 6.07 Å². The number of carbonyl (C=O) groups is 1. The van der Waals surface area contributed by atoms with Crippen molar-refractivity contribution in [3.8, 4) is 0 Å². The third-order valence-corrected chi connectivity index (χ3v) is 3.31. The molecule has 0 fully saturated rings. The molecule has 0 unspecified atom stereocenters. The molecule has 0 saturated heterocycles. The highest BCUT2D eigenvalue weighted by atomic mass is 35.5. The summed E-state index contributed by atoms with van der Waals surface area (Å²) in [5, 5.41) is 21.0. The molecule has 0 atom stereocenters. The van der Waals surface area contributed by atoms with Gasteiger partial charge in [-0.1, -0.05) is 29.3 Å². The molecule has 8 heteroatoms. The van der Waals surface area contributed by atoms with E-state index in [2.05, 4.69) is 5.32 Å². The van der Waals surface area contributed by atoms with Crippen molar-refractivity contribution in [1.29, 1.82) is 0 Å². The summed E-state index contributed by atoms with van der Waals surface area (Å²) in [5.41, 5.74) is -0.0271. The highest BCUT2D eigenvalue weighted by Crippen LogP contribution is 2.30. The van der Waals surface area contributed by atoms with E-state index in [1.807, 2.05) is 0 Å². The first-order valence-electron chi connectivity index (χ1n) is 5.80. The lowest BCUT2D eigenvalue weighted by molar-refractivity contribution is 0.102. The van der Waals surface area contributed by atoms with Crippen LogP contribution in [0.5, 0.6) is 0 Å². The van der Waals surface area contributed by atoms with E-state index >= 15 is 0 Å². The van der Waals surface area contributed by atoms with Crippen LogP contribution in [0.4, 0.5) is 10.1 Å². The van der Waals surface area contributed by atoms with Gasteiger partial charge in [-0.3, -0.25) is 4.79 Å². The Kier molecular flexibility index (Phi) is 4.85. The quantitative estimate of drug-likeness (QED) is 0.756. The third kappa shape index (κ3) is 3.74. The maximum absolute atomic E-state index is 13.4. The molecule has 0 radical (unpaired) electrons. The fourth-order valence-electron chi connectivity index (χ4n) is 1.70. The van der Waals surface area contributed by atoms with E-state index in [1.165, 1.54) is 12.1 Å². The van der Waals surface area contributed by atoms with E-state index in [9.17, 15) is 9.18 Å². The van der Waals surface area contributed by atoms with Crippen molar-refractivity contribution >= 4 is 47.4 Å². The van der Waals surface area contributed by atoms with Crippen LogP contribution in [-0.4, -0.2) is 23.1 Å². The van der Waals surface area contributed by atoms with Crippen molar-refractivity contribution in [3.05, 3.63) is 57.8 Å². The number of hydrogen-bond acceptors (Lipinski definition) is 3. The normalized spacial score (nSPS) is 10.3. The van der Waals surface area contributed by atoms with Gasteiger partial charge in [-0.15, -0.1) is 0 Å². The molecular weight excluding hydrogens is 319 g/mol. The minimum Gasteiger partial charge on any atom is -0.423 e. The SMILES string of the molecule is O=C(Nc1c(Cl)cccc1Cl)c1cc(F)cc(B(O)O)c1. The molecule has 108 valence electrons. The molecule has 2 aromatic carbocycles. The monoisotopic (exact) mass is 327 g/mol. The summed E-state index contributed by atoms with van der Waals surface area (Å²) in [6.45, 7) is 0. The third-order valence-electron chi connectivity index (χ3n) is 2.68. The van der Waals surface area contributed by atoms with Gasteiger partial charge in [0.05, 0.1) is 15.7 Å². The standard InChI is InChI=1S/C13H9BCl2FNO3/c15-10-2-1-3-11(16)12(10)18-13(19)7-4-8(14(20)21)6-9(17)5-7/h1-6,20-21H,(H,18,19). The molecular formula is C13H9BCl2FNO3. The van der Waals surface area contributed by atoms with Crippen LogP contribution in [0, 0.1) is 5.82 Å². The second-order valence-corrected chi connectivity index (χ2v) is 5.01. The van der Waals surface area contributed by atoms with Crippen LogP contribution in [0.25, 0.3) is 0 Å². The zero-order chi connectivity index (χ0) is 15.6. The second-order valence-electron chi connectivity index (χ2n) is 4.20. The van der Waals surface area contributed by atoms with Gasteiger partial charge in [-0.05, 0) is 35.8 Å². The zero-order valence-corrected chi connectivity index (χ0v) is 12.0. The first kappa shape index (κ1) is 15.8. The first-order chi connectivity index (χ1) is 9.88.